The summed E-state index contributed by atoms with van der Waals surface area (Å²) in [6.45, 7) is 5.34. The molecule has 8 heteroatoms. The van der Waals surface area contributed by atoms with Crippen molar-refractivity contribution in [2.45, 2.75) is 32.4 Å². The van der Waals surface area contributed by atoms with Crippen LogP contribution in [0.5, 0.6) is 0 Å². The van der Waals surface area contributed by atoms with Gasteiger partial charge in [0.2, 0.25) is 0 Å². The lowest BCUT2D eigenvalue weighted by atomic mass is 9.73. The number of carbonyl (C=O) groups is 1. The Morgan fingerprint density at radius 1 is 1.17 bits per heavy atom. The summed E-state index contributed by atoms with van der Waals surface area (Å²) in [6, 6.07) is 13.1. The van der Waals surface area contributed by atoms with Gasteiger partial charge in [0.15, 0.2) is 0 Å². The van der Waals surface area contributed by atoms with Crippen molar-refractivity contribution in [3.05, 3.63) is 64.7 Å². The third-order valence-corrected chi connectivity index (χ3v) is 7.85. The molecule has 5 nitrogen and oxygen atoms in total. The van der Waals surface area contributed by atoms with Gasteiger partial charge in [-0.05, 0) is 68.4 Å². The number of amides is 1. The molecular formula is C28H30F3N3O2. The van der Waals surface area contributed by atoms with Gasteiger partial charge in [-0.25, -0.2) is 0 Å². The zero-order valence-corrected chi connectivity index (χ0v) is 20.4. The first-order chi connectivity index (χ1) is 17.2. The standard InChI is InChI=1S/C28H30F3N3O2/c1-19-3-2-4-21(11-19)26(35)33-10-9-23-14-34(17-27(23,16-33)18-36-15-20-5-6-20)24-8-7-22(13-32)25(12-24)28(29,30)31/h2-4,7-8,11-12,20,23H,5-6,9-10,14-18H2,1H3/t23-,27+/m0/s1. The predicted octanol–water partition coefficient (Wildman–Crippen LogP) is 5.28. The van der Waals surface area contributed by atoms with Crippen LogP contribution in [0.25, 0.3) is 0 Å². The van der Waals surface area contributed by atoms with E-state index >= 15 is 0 Å². The molecular weight excluding hydrogens is 467 g/mol. The zero-order chi connectivity index (χ0) is 25.5. The fourth-order valence-corrected chi connectivity index (χ4v) is 5.70. The molecule has 1 saturated carbocycles. The Hall–Kier alpha value is -3.05. The average Bonchev–Trinajstić information content (AvgIpc) is 3.60. The number of benzene rings is 2. The molecule has 0 N–H and O–H groups in total. The number of likely N-dealkylation sites (tertiary alicyclic amines) is 1. The van der Waals surface area contributed by atoms with Crippen molar-refractivity contribution in [3.8, 4) is 6.07 Å². The monoisotopic (exact) mass is 497 g/mol. The molecule has 0 spiro atoms. The first kappa shape index (κ1) is 24.6. The number of fused-ring (bicyclic) bond motifs is 1. The molecule has 1 amide bonds. The molecule has 5 rings (SSSR count). The van der Waals surface area contributed by atoms with Crippen molar-refractivity contribution < 1.29 is 22.7 Å². The number of piperidine rings is 1. The Morgan fingerprint density at radius 2 is 1.97 bits per heavy atom. The Morgan fingerprint density at radius 3 is 2.67 bits per heavy atom. The highest BCUT2D eigenvalue weighted by Gasteiger charge is 2.51. The largest absolute Gasteiger partial charge is 0.417 e. The second-order valence-corrected chi connectivity index (χ2v) is 10.6. The zero-order valence-electron chi connectivity index (χ0n) is 20.4. The van der Waals surface area contributed by atoms with E-state index in [2.05, 4.69) is 0 Å². The molecule has 0 unspecified atom stereocenters. The number of hydrogen-bond acceptors (Lipinski definition) is 4. The van der Waals surface area contributed by atoms with Crippen molar-refractivity contribution >= 4 is 11.6 Å². The minimum Gasteiger partial charge on any atom is -0.380 e. The van der Waals surface area contributed by atoms with Crippen LogP contribution in [0.2, 0.25) is 0 Å². The van der Waals surface area contributed by atoms with E-state index in [0.717, 1.165) is 18.1 Å². The molecule has 2 aromatic carbocycles. The van der Waals surface area contributed by atoms with Crippen molar-refractivity contribution in [2.24, 2.45) is 17.3 Å². The quantitative estimate of drug-likeness (QED) is 0.545. The maximum Gasteiger partial charge on any atom is 0.417 e. The molecule has 190 valence electrons. The number of carbonyl (C=O) groups excluding carboxylic acids is 1. The highest BCUT2D eigenvalue weighted by Crippen LogP contribution is 2.45. The van der Waals surface area contributed by atoms with E-state index in [-0.39, 0.29) is 22.8 Å². The molecule has 0 aromatic heterocycles. The summed E-state index contributed by atoms with van der Waals surface area (Å²) >= 11 is 0. The highest BCUT2D eigenvalue weighted by molar-refractivity contribution is 5.94. The van der Waals surface area contributed by atoms with Crippen LogP contribution in [0.1, 0.15) is 46.3 Å². The minimum atomic E-state index is -4.60. The van der Waals surface area contributed by atoms with E-state index in [1.807, 2.05) is 41.0 Å². The molecule has 3 aliphatic rings. The SMILES string of the molecule is Cc1cccc(C(=O)N2CC[C@H]3CN(c4ccc(C#N)c(C(F)(F)F)c4)C[C@@]3(COCC3CC3)C2)c1. The number of anilines is 1. The van der Waals surface area contributed by atoms with E-state index in [1.54, 1.807) is 12.1 Å². The third-order valence-electron chi connectivity index (χ3n) is 7.85. The van der Waals surface area contributed by atoms with Gasteiger partial charge in [-0.15, -0.1) is 0 Å². The smallest absolute Gasteiger partial charge is 0.380 e. The van der Waals surface area contributed by atoms with E-state index in [1.165, 1.54) is 18.9 Å². The molecule has 0 radical (unpaired) electrons. The van der Waals surface area contributed by atoms with Crippen molar-refractivity contribution in [1.82, 2.24) is 4.90 Å². The number of halogens is 3. The summed E-state index contributed by atoms with van der Waals surface area (Å²) in [5.74, 6) is 0.775. The third kappa shape index (κ3) is 4.94. The molecule has 0 bridgehead atoms. The molecule has 3 fully saturated rings. The van der Waals surface area contributed by atoms with E-state index in [4.69, 9.17) is 10.00 Å². The van der Waals surface area contributed by atoms with Gasteiger partial charge >= 0.3 is 6.18 Å². The highest BCUT2D eigenvalue weighted by atomic mass is 19.4. The van der Waals surface area contributed by atoms with Crippen LogP contribution in [0.15, 0.2) is 42.5 Å². The molecule has 2 heterocycles. The molecule has 2 aromatic rings. The van der Waals surface area contributed by atoms with E-state index in [0.29, 0.717) is 56.6 Å². The van der Waals surface area contributed by atoms with Gasteiger partial charge in [-0.2, -0.15) is 18.4 Å². The molecule has 36 heavy (non-hydrogen) atoms. The number of alkyl halides is 3. The number of rotatable bonds is 6. The van der Waals surface area contributed by atoms with Crippen LogP contribution >= 0.6 is 0 Å². The lowest BCUT2D eigenvalue weighted by Gasteiger charge is -2.44. The van der Waals surface area contributed by atoms with Crippen LogP contribution in [0, 0.1) is 35.5 Å². The Bertz CT molecular complexity index is 1190. The van der Waals surface area contributed by atoms with E-state index in [9.17, 15) is 18.0 Å². The number of ether oxygens (including phenoxy) is 1. The van der Waals surface area contributed by atoms with Crippen LogP contribution in [0.4, 0.5) is 18.9 Å². The minimum absolute atomic E-state index is 0.0186. The summed E-state index contributed by atoms with van der Waals surface area (Å²) in [4.78, 5) is 17.2. The normalized spacial score (nSPS) is 23.9. The fourth-order valence-electron chi connectivity index (χ4n) is 5.70. The van der Waals surface area contributed by atoms with Crippen LogP contribution in [-0.2, 0) is 10.9 Å². The second-order valence-electron chi connectivity index (χ2n) is 10.6. The van der Waals surface area contributed by atoms with Gasteiger partial charge in [0.25, 0.3) is 5.91 Å². The maximum absolute atomic E-state index is 13.6. The Balaban J connectivity index is 1.41. The van der Waals surface area contributed by atoms with Gasteiger partial charge in [0, 0.05) is 49.5 Å². The summed E-state index contributed by atoms with van der Waals surface area (Å²) in [5, 5.41) is 9.17. The number of nitrogens with zero attached hydrogens (tertiary/aromatic N) is 3. The van der Waals surface area contributed by atoms with Gasteiger partial charge < -0.3 is 14.5 Å². The van der Waals surface area contributed by atoms with Crippen LogP contribution < -0.4 is 4.90 Å². The van der Waals surface area contributed by atoms with Crippen molar-refractivity contribution in [1.29, 1.82) is 5.26 Å². The molecule has 2 aliphatic heterocycles. The van der Waals surface area contributed by atoms with E-state index < -0.39 is 11.7 Å². The summed E-state index contributed by atoms with van der Waals surface area (Å²) in [7, 11) is 0. The van der Waals surface area contributed by atoms with Gasteiger partial charge in [-0.3, -0.25) is 4.79 Å². The van der Waals surface area contributed by atoms with Crippen LogP contribution in [-0.4, -0.2) is 50.2 Å². The summed E-state index contributed by atoms with van der Waals surface area (Å²) in [6.07, 6.45) is -1.49. The first-order valence-electron chi connectivity index (χ1n) is 12.5. The Kier molecular flexibility index (Phi) is 6.46. The molecule has 1 aliphatic carbocycles. The predicted molar refractivity (Wildman–Crippen MR) is 130 cm³/mol. The van der Waals surface area contributed by atoms with Gasteiger partial charge in [-0.1, -0.05) is 17.7 Å². The Labute approximate surface area is 209 Å². The number of hydrogen-bond donors (Lipinski definition) is 0. The lowest BCUT2D eigenvalue weighted by molar-refractivity contribution is -0.137. The summed E-state index contributed by atoms with van der Waals surface area (Å²) < 4.78 is 47.0. The topological polar surface area (TPSA) is 56.6 Å². The molecule has 2 atom stereocenters. The summed E-state index contributed by atoms with van der Waals surface area (Å²) in [5.41, 5.74) is 0.478. The van der Waals surface area contributed by atoms with Crippen molar-refractivity contribution in [2.75, 3.05) is 44.3 Å². The van der Waals surface area contributed by atoms with Gasteiger partial charge in [0.1, 0.15) is 0 Å². The number of nitriles is 1. The first-order valence-corrected chi connectivity index (χ1v) is 12.5. The average molecular weight is 498 g/mol. The molecule has 2 saturated heterocycles. The van der Waals surface area contributed by atoms with Crippen molar-refractivity contribution in [3.63, 3.8) is 0 Å². The lowest BCUT2D eigenvalue weighted by Crippen LogP contribution is -2.53. The maximum atomic E-state index is 13.6. The van der Waals surface area contributed by atoms with Gasteiger partial charge in [0.05, 0.1) is 23.8 Å². The second kappa shape index (κ2) is 9.44. The van der Waals surface area contributed by atoms with Crippen LogP contribution in [0.3, 0.4) is 0 Å². The number of aryl methyl sites for hydroxylation is 1. The fraction of sp³-hybridized carbons (Fsp3) is 0.500.